The molecule has 2 saturated carbocycles. The molecule has 8 nitrogen and oxygen atoms in total. The highest BCUT2D eigenvalue weighted by molar-refractivity contribution is 14.0. The third-order valence-electron chi connectivity index (χ3n) is 6.11. The lowest BCUT2D eigenvalue weighted by atomic mass is 9.46. The minimum Gasteiger partial charge on any atom is -0.377 e. The summed E-state index contributed by atoms with van der Waals surface area (Å²) < 4.78 is 5.96. The molecule has 0 aromatic rings. The molecule has 0 bridgehead atoms. The molecule has 1 saturated heterocycles. The van der Waals surface area contributed by atoms with Crippen molar-refractivity contribution in [1.29, 1.82) is 0 Å². The summed E-state index contributed by atoms with van der Waals surface area (Å²) in [7, 11) is 6.87. The molecule has 2 aliphatic carbocycles. The number of nitrogens with zero attached hydrogens (tertiary/aromatic N) is 3. The van der Waals surface area contributed by atoms with E-state index in [0.29, 0.717) is 24.0 Å². The van der Waals surface area contributed by atoms with Gasteiger partial charge in [-0.3, -0.25) is 9.59 Å². The molecule has 0 radical (unpaired) electrons. The number of halogens is 1. The van der Waals surface area contributed by atoms with Crippen molar-refractivity contribution < 1.29 is 14.3 Å². The maximum Gasteiger partial charge on any atom is 0.243 e. The van der Waals surface area contributed by atoms with Crippen molar-refractivity contribution in [3.8, 4) is 0 Å². The molecule has 3 fully saturated rings. The molecule has 9 heteroatoms. The number of amides is 2. The lowest BCUT2D eigenvalue weighted by Crippen LogP contribution is -2.72. The Hall–Kier alpha value is -1.10. The van der Waals surface area contributed by atoms with Gasteiger partial charge in [0.15, 0.2) is 5.96 Å². The van der Waals surface area contributed by atoms with Crippen LogP contribution < -0.4 is 10.6 Å². The molecule has 3 rings (SSSR count). The summed E-state index contributed by atoms with van der Waals surface area (Å²) in [5.74, 6) is 0.931. The lowest BCUT2D eigenvalue weighted by molar-refractivity contribution is -0.171. The summed E-state index contributed by atoms with van der Waals surface area (Å²) in [5, 5.41) is 6.62. The van der Waals surface area contributed by atoms with Gasteiger partial charge >= 0.3 is 0 Å². The fraction of sp³-hybridized carbons (Fsp3) is 0.833. The SMILES string of the molecule is CN(C)C(=O)CN=C(NCC(=O)N(C)C)NC1C2CCOC2C12CCC2.I. The molecule has 2 amide bonds. The van der Waals surface area contributed by atoms with Crippen molar-refractivity contribution in [2.45, 2.75) is 37.8 Å². The standard InChI is InChI=1S/C18H31N5O3.HI/c1-22(2)13(24)10-19-17(20-11-14(25)23(3)4)21-15-12-6-9-26-16(12)18(15)7-5-8-18;/h12,15-16H,5-11H2,1-4H3,(H2,19,20,21);1H. The van der Waals surface area contributed by atoms with Gasteiger partial charge in [0.25, 0.3) is 0 Å². The first-order chi connectivity index (χ1) is 12.3. The highest BCUT2D eigenvalue weighted by atomic mass is 127. The first-order valence-electron chi connectivity index (χ1n) is 9.42. The summed E-state index contributed by atoms with van der Waals surface area (Å²) in [5.41, 5.74) is 0.209. The van der Waals surface area contributed by atoms with Crippen LogP contribution in [0, 0.1) is 11.3 Å². The number of guanidine groups is 1. The van der Waals surface area contributed by atoms with E-state index in [-0.39, 0.29) is 54.3 Å². The minimum atomic E-state index is -0.0703. The molecule has 1 aliphatic heterocycles. The van der Waals surface area contributed by atoms with Gasteiger partial charge in [0, 0.05) is 52.2 Å². The van der Waals surface area contributed by atoms with Gasteiger partial charge in [0.05, 0.1) is 12.6 Å². The Morgan fingerprint density at radius 2 is 1.81 bits per heavy atom. The zero-order valence-corrected chi connectivity index (χ0v) is 19.0. The van der Waals surface area contributed by atoms with E-state index in [1.54, 1.807) is 28.2 Å². The van der Waals surface area contributed by atoms with Crippen LogP contribution in [0.1, 0.15) is 25.7 Å². The normalized spacial score (nSPS) is 27.6. The van der Waals surface area contributed by atoms with Crippen molar-refractivity contribution in [3.63, 3.8) is 0 Å². The molecule has 1 heterocycles. The Morgan fingerprint density at radius 1 is 1.15 bits per heavy atom. The first kappa shape index (κ1) is 22.2. The van der Waals surface area contributed by atoms with Crippen LogP contribution in [0.5, 0.6) is 0 Å². The second-order valence-electron chi connectivity index (χ2n) is 8.05. The van der Waals surface area contributed by atoms with Crippen LogP contribution in [0.3, 0.4) is 0 Å². The molecule has 1 spiro atoms. The third-order valence-corrected chi connectivity index (χ3v) is 6.11. The van der Waals surface area contributed by atoms with Crippen molar-refractivity contribution in [2.24, 2.45) is 16.3 Å². The van der Waals surface area contributed by atoms with Gasteiger partial charge in [-0.15, -0.1) is 24.0 Å². The summed E-state index contributed by atoms with van der Waals surface area (Å²) in [4.78, 5) is 31.3. The molecule has 3 aliphatic rings. The van der Waals surface area contributed by atoms with Gasteiger partial charge in [0.1, 0.15) is 6.54 Å². The minimum absolute atomic E-state index is 0. The number of fused-ring (bicyclic) bond motifs is 2. The highest BCUT2D eigenvalue weighted by Crippen LogP contribution is 2.62. The van der Waals surface area contributed by atoms with Gasteiger partial charge in [-0.2, -0.15) is 0 Å². The maximum atomic E-state index is 11.9. The fourth-order valence-corrected chi connectivity index (χ4v) is 4.36. The van der Waals surface area contributed by atoms with E-state index in [1.807, 2.05) is 0 Å². The number of carbonyl (C=O) groups is 2. The summed E-state index contributed by atoms with van der Waals surface area (Å²) >= 11 is 0. The van der Waals surface area contributed by atoms with Crippen molar-refractivity contribution in [2.75, 3.05) is 47.9 Å². The van der Waals surface area contributed by atoms with E-state index < -0.39 is 0 Å². The molecular weight excluding hydrogens is 461 g/mol. The monoisotopic (exact) mass is 493 g/mol. The number of hydrogen-bond donors (Lipinski definition) is 2. The van der Waals surface area contributed by atoms with Crippen LogP contribution in [0.2, 0.25) is 0 Å². The van der Waals surface area contributed by atoms with E-state index in [0.717, 1.165) is 13.0 Å². The van der Waals surface area contributed by atoms with E-state index in [1.165, 1.54) is 29.1 Å². The van der Waals surface area contributed by atoms with Crippen LogP contribution in [0.15, 0.2) is 4.99 Å². The first-order valence-corrected chi connectivity index (χ1v) is 9.42. The predicted octanol–water partition coefficient (Wildman–Crippen LogP) is 0.274. The van der Waals surface area contributed by atoms with Crippen LogP contribution in [0.25, 0.3) is 0 Å². The number of aliphatic imine (C=N–C) groups is 1. The van der Waals surface area contributed by atoms with E-state index in [4.69, 9.17) is 4.74 Å². The van der Waals surface area contributed by atoms with Gasteiger partial charge in [-0.05, 0) is 19.3 Å². The Bertz CT molecular complexity index is 592. The zero-order chi connectivity index (χ0) is 18.9. The van der Waals surface area contributed by atoms with Crippen molar-refractivity contribution in [3.05, 3.63) is 0 Å². The second-order valence-corrected chi connectivity index (χ2v) is 8.05. The van der Waals surface area contributed by atoms with E-state index in [2.05, 4.69) is 15.6 Å². The smallest absolute Gasteiger partial charge is 0.243 e. The number of rotatable bonds is 5. The molecule has 0 aromatic carbocycles. The Kier molecular flexibility index (Phi) is 7.34. The van der Waals surface area contributed by atoms with Crippen LogP contribution in [-0.2, 0) is 14.3 Å². The molecule has 27 heavy (non-hydrogen) atoms. The molecular formula is C18H32IN5O3. The van der Waals surface area contributed by atoms with Crippen molar-refractivity contribution in [1.82, 2.24) is 20.4 Å². The summed E-state index contributed by atoms with van der Waals surface area (Å²) in [6.45, 7) is 1.04. The number of hydrogen-bond acceptors (Lipinski definition) is 4. The average Bonchev–Trinajstić information content (AvgIpc) is 2.96. The van der Waals surface area contributed by atoms with Crippen LogP contribution in [0.4, 0.5) is 0 Å². The summed E-state index contributed by atoms with van der Waals surface area (Å²) in [6.07, 6.45) is 5.01. The lowest BCUT2D eigenvalue weighted by Gasteiger charge is -2.63. The van der Waals surface area contributed by atoms with Gasteiger partial charge in [-0.1, -0.05) is 6.42 Å². The Morgan fingerprint density at radius 3 is 2.37 bits per heavy atom. The van der Waals surface area contributed by atoms with Gasteiger partial charge in [0.2, 0.25) is 11.8 Å². The predicted molar refractivity (Wildman–Crippen MR) is 114 cm³/mol. The topological polar surface area (TPSA) is 86.3 Å². The van der Waals surface area contributed by atoms with Crippen LogP contribution >= 0.6 is 24.0 Å². The van der Waals surface area contributed by atoms with Gasteiger partial charge < -0.3 is 25.2 Å². The quantitative estimate of drug-likeness (QED) is 0.327. The zero-order valence-electron chi connectivity index (χ0n) is 16.7. The van der Waals surface area contributed by atoms with E-state index >= 15 is 0 Å². The van der Waals surface area contributed by atoms with Gasteiger partial charge in [-0.25, -0.2) is 4.99 Å². The molecule has 154 valence electrons. The number of nitrogens with one attached hydrogen (secondary N) is 2. The maximum absolute atomic E-state index is 11.9. The molecule has 3 atom stereocenters. The second kappa shape index (κ2) is 8.93. The molecule has 0 aromatic heterocycles. The largest absolute Gasteiger partial charge is 0.377 e. The summed E-state index contributed by atoms with van der Waals surface area (Å²) in [6, 6.07) is 0.305. The fourth-order valence-electron chi connectivity index (χ4n) is 4.36. The Labute approximate surface area is 178 Å². The molecule has 3 unspecified atom stereocenters. The van der Waals surface area contributed by atoms with Crippen molar-refractivity contribution >= 4 is 41.8 Å². The molecule has 2 N–H and O–H groups in total. The van der Waals surface area contributed by atoms with E-state index in [9.17, 15) is 9.59 Å². The number of ether oxygens (including phenoxy) is 1. The average molecular weight is 493 g/mol. The highest BCUT2D eigenvalue weighted by Gasteiger charge is 2.66. The third kappa shape index (κ3) is 4.33. The van der Waals surface area contributed by atoms with Crippen LogP contribution in [-0.4, -0.2) is 87.6 Å². The Balaban J connectivity index is 0.00000261. The number of carbonyl (C=O) groups excluding carboxylic acids is 2. The number of likely N-dealkylation sites (N-methyl/N-ethyl adjacent to an activating group) is 2.